The molecule has 1 fully saturated rings. The van der Waals surface area contributed by atoms with Crippen molar-refractivity contribution in [3.63, 3.8) is 0 Å². The second-order valence-corrected chi connectivity index (χ2v) is 13.1. The van der Waals surface area contributed by atoms with Gasteiger partial charge in [0.1, 0.15) is 23.1 Å². The predicted octanol–water partition coefficient (Wildman–Crippen LogP) is 6.21. The summed E-state index contributed by atoms with van der Waals surface area (Å²) in [4.78, 5) is 39.4. The number of aromatic nitrogens is 2. The first-order valence-corrected chi connectivity index (χ1v) is 16.9. The van der Waals surface area contributed by atoms with Crippen LogP contribution in [-0.4, -0.2) is 88.8 Å². The number of esters is 1. The number of alkyl halides is 3. The fraction of sp³-hybridized carbons (Fsp3) is 0.500. The van der Waals surface area contributed by atoms with Gasteiger partial charge < -0.3 is 34.6 Å². The molecule has 11 nitrogen and oxygen atoms in total. The van der Waals surface area contributed by atoms with Crippen LogP contribution in [0, 0.1) is 0 Å². The molecule has 0 spiro atoms. The maximum atomic E-state index is 14.2. The molecule has 0 radical (unpaired) electrons. The van der Waals surface area contributed by atoms with Crippen LogP contribution in [0.1, 0.15) is 58.6 Å². The number of ether oxygens (including phenoxy) is 2. The van der Waals surface area contributed by atoms with Crippen molar-refractivity contribution in [2.24, 2.45) is 0 Å². The van der Waals surface area contributed by atoms with Crippen LogP contribution in [0.2, 0.25) is 0 Å². The quantitative estimate of drug-likeness (QED) is 0.148. The van der Waals surface area contributed by atoms with Crippen molar-refractivity contribution in [1.29, 1.82) is 0 Å². The molecule has 4 rings (SSSR count). The van der Waals surface area contributed by atoms with Crippen molar-refractivity contribution in [3.05, 3.63) is 71.9 Å². The third-order valence-electron chi connectivity index (χ3n) is 8.12. The maximum absolute atomic E-state index is 14.2. The molecule has 1 aliphatic heterocycles. The van der Waals surface area contributed by atoms with Crippen molar-refractivity contribution in [2.75, 3.05) is 47.8 Å². The standard InChI is InChI=1S/C36H47F3N6O5/c1-6-43(7-2)33-40-24-29(45(32(47)36(37,38)39)22-19-25-13-9-8-10-14-25)30(42-33)41-28(31(46)50-35(3,4)5)23-26-15-17-27(18-16-26)49-34(48)44-20-11-12-21-44/h8-10,13-18,24,28,32,47H,6-7,11-12,19-23H2,1-5H3,(H,40,41,42). The maximum Gasteiger partial charge on any atom is 0.433 e. The Balaban J connectivity index is 1.70. The first kappa shape index (κ1) is 38.2. The Morgan fingerprint density at radius 1 is 0.980 bits per heavy atom. The summed E-state index contributed by atoms with van der Waals surface area (Å²) >= 11 is 0. The average Bonchev–Trinajstić information content (AvgIpc) is 3.61. The highest BCUT2D eigenvalue weighted by Gasteiger charge is 2.44. The van der Waals surface area contributed by atoms with E-state index in [0.717, 1.165) is 23.3 Å². The highest BCUT2D eigenvalue weighted by atomic mass is 19.4. The van der Waals surface area contributed by atoms with Crippen molar-refractivity contribution in [1.82, 2.24) is 14.9 Å². The molecule has 50 heavy (non-hydrogen) atoms. The highest BCUT2D eigenvalue weighted by molar-refractivity contribution is 5.82. The number of hydrogen-bond donors (Lipinski definition) is 2. The molecule has 2 N–H and O–H groups in total. The second-order valence-electron chi connectivity index (χ2n) is 13.1. The van der Waals surface area contributed by atoms with Crippen molar-refractivity contribution >= 4 is 29.5 Å². The number of nitrogens with zero attached hydrogens (tertiary/aromatic N) is 5. The molecular weight excluding hydrogens is 653 g/mol. The molecule has 2 heterocycles. The third kappa shape index (κ3) is 10.7. The minimum Gasteiger partial charge on any atom is -0.458 e. The number of hydrogen-bond acceptors (Lipinski definition) is 10. The largest absolute Gasteiger partial charge is 0.458 e. The summed E-state index contributed by atoms with van der Waals surface area (Å²) in [6.07, 6.45) is -5.00. The van der Waals surface area contributed by atoms with E-state index in [2.05, 4.69) is 15.3 Å². The van der Waals surface area contributed by atoms with Crippen molar-refractivity contribution in [3.8, 4) is 5.75 Å². The zero-order valence-electron chi connectivity index (χ0n) is 29.2. The van der Waals surface area contributed by atoms with E-state index in [-0.39, 0.29) is 36.8 Å². The van der Waals surface area contributed by atoms with Gasteiger partial charge in [0.05, 0.1) is 6.20 Å². The van der Waals surface area contributed by atoms with Gasteiger partial charge in [0.2, 0.25) is 12.2 Å². The number of halogens is 3. The van der Waals surface area contributed by atoms with Crippen LogP contribution in [0.15, 0.2) is 60.8 Å². The minimum atomic E-state index is -5.00. The Kier molecular flexibility index (Phi) is 12.9. The first-order chi connectivity index (χ1) is 23.7. The van der Waals surface area contributed by atoms with Crippen molar-refractivity contribution in [2.45, 2.75) is 84.3 Å². The molecule has 1 aliphatic rings. The van der Waals surface area contributed by atoms with Gasteiger partial charge in [-0.25, -0.2) is 14.6 Å². The summed E-state index contributed by atoms with van der Waals surface area (Å²) in [7, 11) is 0. The molecule has 1 amide bonds. The fourth-order valence-electron chi connectivity index (χ4n) is 5.51. The van der Waals surface area contributed by atoms with E-state index < -0.39 is 36.1 Å². The number of rotatable bonds is 14. The van der Waals surface area contributed by atoms with Gasteiger partial charge in [0, 0.05) is 39.1 Å². The van der Waals surface area contributed by atoms with E-state index >= 15 is 0 Å². The van der Waals surface area contributed by atoms with Gasteiger partial charge in [-0.05, 0) is 77.1 Å². The summed E-state index contributed by atoms with van der Waals surface area (Å²) in [6.45, 7) is 11.0. The SMILES string of the molecule is CCN(CC)c1ncc(N(CCc2ccccc2)C(O)C(F)(F)F)c(NC(Cc2ccc(OC(=O)N3CCCC3)cc2)C(=O)OC(C)(C)C)n1. The lowest BCUT2D eigenvalue weighted by Gasteiger charge is -2.33. The summed E-state index contributed by atoms with van der Waals surface area (Å²) < 4.78 is 53.7. The van der Waals surface area contributed by atoms with Gasteiger partial charge >= 0.3 is 18.2 Å². The van der Waals surface area contributed by atoms with Crippen LogP contribution in [0.25, 0.3) is 0 Å². The molecule has 14 heteroatoms. The lowest BCUT2D eigenvalue weighted by Crippen LogP contribution is -2.47. The number of nitrogens with one attached hydrogen (secondary N) is 1. The fourth-order valence-corrected chi connectivity index (χ4v) is 5.51. The average molecular weight is 701 g/mol. The van der Waals surface area contributed by atoms with E-state index in [1.165, 1.54) is 6.20 Å². The number of benzene rings is 2. The Morgan fingerprint density at radius 3 is 2.20 bits per heavy atom. The molecular formula is C36H47F3N6O5. The molecule has 1 saturated heterocycles. The number of likely N-dealkylation sites (tertiary alicyclic amines) is 1. The molecule has 0 bridgehead atoms. The summed E-state index contributed by atoms with van der Waals surface area (Å²) in [5.74, 6) is -0.170. The van der Waals surface area contributed by atoms with Gasteiger partial charge in [-0.1, -0.05) is 42.5 Å². The van der Waals surface area contributed by atoms with E-state index in [0.29, 0.717) is 37.5 Å². The Hall–Kier alpha value is -4.59. The molecule has 1 aromatic heterocycles. The van der Waals surface area contributed by atoms with Gasteiger partial charge in [-0.2, -0.15) is 18.2 Å². The summed E-state index contributed by atoms with van der Waals surface area (Å²) in [5.41, 5.74) is 0.410. The van der Waals surface area contributed by atoms with Crippen LogP contribution in [0.3, 0.4) is 0 Å². The molecule has 0 saturated carbocycles. The Morgan fingerprint density at radius 2 is 1.62 bits per heavy atom. The topological polar surface area (TPSA) is 120 Å². The number of amides is 1. The number of anilines is 3. The van der Waals surface area contributed by atoms with E-state index in [1.807, 2.05) is 18.7 Å². The van der Waals surface area contributed by atoms with Gasteiger partial charge in [-0.15, -0.1) is 0 Å². The first-order valence-electron chi connectivity index (χ1n) is 16.9. The normalized spacial score (nSPS) is 14.5. The van der Waals surface area contributed by atoms with Crippen LogP contribution in [0.5, 0.6) is 5.75 Å². The molecule has 272 valence electrons. The van der Waals surface area contributed by atoms with Gasteiger partial charge in [0.25, 0.3) is 0 Å². The van der Waals surface area contributed by atoms with Gasteiger partial charge in [0.15, 0.2) is 5.82 Å². The molecule has 2 atom stereocenters. The minimum absolute atomic E-state index is 0.0468. The smallest absolute Gasteiger partial charge is 0.433 e. The number of carbonyl (C=O) groups excluding carboxylic acids is 2. The Labute approximate surface area is 291 Å². The highest BCUT2D eigenvalue weighted by Crippen LogP contribution is 2.33. The van der Waals surface area contributed by atoms with Crippen LogP contribution in [0.4, 0.5) is 35.4 Å². The lowest BCUT2D eigenvalue weighted by molar-refractivity contribution is -0.203. The van der Waals surface area contributed by atoms with Gasteiger partial charge in [-0.3, -0.25) is 0 Å². The summed E-state index contributed by atoms with van der Waals surface area (Å²) in [5, 5.41) is 13.7. The van der Waals surface area contributed by atoms with E-state index in [9.17, 15) is 27.9 Å². The predicted molar refractivity (Wildman–Crippen MR) is 185 cm³/mol. The second kappa shape index (κ2) is 16.9. The van der Waals surface area contributed by atoms with Crippen LogP contribution < -0.4 is 19.9 Å². The monoisotopic (exact) mass is 700 g/mol. The zero-order chi connectivity index (χ0) is 36.5. The molecule has 3 aromatic rings. The third-order valence-corrected chi connectivity index (χ3v) is 8.12. The van der Waals surface area contributed by atoms with Crippen LogP contribution >= 0.6 is 0 Å². The molecule has 2 unspecified atom stereocenters. The summed E-state index contributed by atoms with van der Waals surface area (Å²) in [6, 6.07) is 14.5. The van der Waals surface area contributed by atoms with E-state index in [1.54, 1.807) is 80.3 Å². The van der Waals surface area contributed by atoms with Crippen molar-refractivity contribution < 1.29 is 37.3 Å². The molecule has 2 aromatic carbocycles. The number of aliphatic hydroxyl groups excluding tert-OH is 1. The number of carbonyl (C=O) groups is 2. The molecule has 0 aliphatic carbocycles. The van der Waals surface area contributed by atoms with Crippen LogP contribution in [-0.2, 0) is 22.4 Å². The van der Waals surface area contributed by atoms with E-state index in [4.69, 9.17) is 9.47 Å². The zero-order valence-corrected chi connectivity index (χ0v) is 29.2. The number of aliphatic hydroxyl groups is 1. The lowest BCUT2D eigenvalue weighted by atomic mass is 10.0. The Bertz CT molecular complexity index is 1540.